The van der Waals surface area contributed by atoms with Crippen molar-refractivity contribution in [3.8, 4) is 16.9 Å². The van der Waals surface area contributed by atoms with Crippen molar-refractivity contribution in [1.29, 1.82) is 0 Å². The highest BCUT2D eigenvalue weighted by atomic mass is 35.5. The zero-order valence-corrected chi connectivity index (χ0v) is 17.9. The maximum atomic E-state index is 13.3. The first-order valence-electron chi connectivity index (χ1n) is 10.1. The second-order valence-corrected chi connectivity index (χ2v) is 8.05. The van der Waals surface area contributed by atoms with E-state index in [0.29, 0.717) is 28.2 Å². The standard InChI is InChI=1S/C25H19ClFN3O2/c1-32-18-9-4-15(5-10-18)23-19-12-16(26)6-11-20(19)28-25(31)24(23)22-13-21(29-30-22)14-2-7-17(27)8-3-14/h2-12,21,29H,13H2,1H3,(H,28,31). The summed E-state index contributed by atoms with van der Waals surface area (Å²) in [7, 11) is 1.61. The van der Waals surface area contributed by atoms with Gasteiger partial charge in [-0.3, -0.25) is 4.79 Å². The van der Waals surface area contributed by atoms with Crippen LogP contribution >= 0.6 is 11.6 Å². The first-order valence-corrected chi connectivity index (χ1v) is 10.5. The number of aromatic amines is 1. The summed E-state index contributed by atoms with van der Waals surface area (Å²) in [5.74, 6) is 0.427. The highest BCUT2D eigenvalue weighted by Crippen LogP contribution is 2.35. The number of aromatic nitrogens is 1. The van der Waals surface area contributed by atoms with E-state index in [9.17, 15) is 9.18 Å². The van der Waals surface area contributed by atoms with Crippen LogP contribution < -0.4 is 15.7 Å². The largest absolute Gasteiger partial charge is 0.497 e. The molecule has 2 heterocycles. The molecule has 4 aromatic rings. The van der Waals surface area contributed by atoms with Gasteiger partial charge in [0.2, 0.25) is 0 Å². The smallest absolute Gasteiger partial charge is 0.258 e. The average molecular weight is 448 g/mol. The van der Waals surface area contributed by atoms with Crippen LogP contribution in [0.4, 0.5) is 4.39 Å². The quantitative estimate of drug-likeness (QED) is 0.438. The Morgan fingerprint density at radius 1 is 1.03 bits per heavy atom. The molecular weight excluding hydrogens is 429 g/mol. The number of pyridine rings is 1. The third-order valence-electron chi connectivity index (χ3n) is 5.67. The molecule has 0 radical (unpaired) electrons. The van der Waals surface area contributed by atoms with Crippen LogP contribution in [-0.2, 0) is 0 Å². The van der Waals surface area contributed by atoms with Crippen molar-refractivity contribution in [2.24, 2.45) is 5.10 Å². The molecule has 5 nitrogen and oxygen atoms in total. The second-order valence-electron chi connectivity index (χ2n) is 7.62. The van der Waals surface area contributed by atoms with Crippen LogP contribution in [-0.4, -0.2) is 17.8 Å². The Kier molecular flexibility index (Phi) is 5.15. The maximum Gasteiger partial charge on any atom is 0.258 e. The van der Waals surface area contributed by atoms with Crippen molar-refractivity contribution in [1.82, 2.24) is 10.4 Å². The summed E-state index contributed by atoms with van der Waals surface area (Å²) in [6.07, 6.45) is 0.490. The SMILES string of the molecule is COc1ccc(-c2c(C3=NNC(c4ccc(F)cc4)C3)c(=O)[nH]c3ccc(Cl)cc23)cc1. The van der Waals surface area contributed by atoms with Gasteiger partial charge in [0, 0.05) is 27.9 Å². The fourth-order valence-corrected chi connectivity index (χ4v) is 4.26. The number of H-pyrrole nitrogens is 1. The molecule has 0 bridgehead atoms. The number of fused-ring (bicyclic) bond motifs is 1. The summed E-state index contributed by atoms with van der Waals surface area (Å²) >= 11 is 6.31. The van der Waals surface area contributed by atoms with Crippen molar-refractivity contribution in [2.75, 3.05) is 7.11 Å². The molecule has 32 heavy (non-hydrogen) atoms. The number of ether oxygens (including phenoxy) is 1. The van der Waals surface area contributed by atoms with Gasteiger partial charge in [-0.1, -0.05) is 35.9 Å². The molecule has 0 fully saturated rings. The minimum Gasteiger partial charge on any atom is -0.497 e. The molecule has 0 saturated carbocycles. The van der Waals surface area contributed by atoms with E-state index in [1.54, 1.807) is 31.4 Å². The van der Waals surface area contributed by atoms with Gasteiger partial charge in [-0.15, -0.1) is 0 Å². The Labute approximate surface area is 188 Å². The van der Waals surface area contributed by atoms with Gasteiger partial charge >= 0.3 is 0 Å². The molecule has 1 aliphatic heterocycles. The fourth-order valence-electron chi connectivity index (χ4n) is 4.08. The van der Waals surface area contributed by atoms with Crippen molar-refractivity contribution in [3.05, 3.63) is 99.1 Å². The van der Waals surface area contributed by atoms with Gasteiger partial charge in [0.05, 0.1) is 24.4 Å². The monoisotopic (exact) mass is 447 g/mol. The molecular formula is C25H19ClFN3O2. The van der Waals surface area contributed by atoms with E-state index in [-0.39, 0.29) is 17.4 Å². The summed E-state index contributed by atoms with van der Waals surface area (Å²) < 4.78 is 18.6. The molecule has 0 spiro atoms. The number of methoxy groups -OCH3 is 1. The van der Waals surface area contributed by atoms with Gasteiger partial charge in [0.1, 0.15) is 11.6 Å². The molecule has 0 aliphatic carbocycles. The maximum absolute atomic E-state index is 13.3. The van der Waals surface area contributed by atoms with Gasteiger partial charge < -0.3 is 15.1 Å². The van der Waals surface area contributed by atoms with E-state index in [4.69, 9.17) is 16.3 Å². The van der Waals surface area contributed by atoms with E-state index in [0.717, 1.165) is 27.8 Å². The lowest BCUT2D eigenvalue weighted by atomic mass is 9.91. The lowest BCUT2D eigenvalue weighted by Crippen LogP contribution is -2.20. The molecule has 0 saturated heterocycles. The van der Waals surface area contributed by atoms with Crippen LogP contribution in [0.3, 0.4) is 0 Å². The van der Waals surface area contributed by atoms with Gasteiger partial charge in [-0.25, -0.2) is 4.39 Å². The zero-order chi connectivity index (χ0) is 22.2. The van der Waals surface area contributed by atoms with Crippen molar-refractivity contribution >= 4 is 28.2 Å². The molecule has 5 rings (SSSR count). The first-order chi connectivity index (χ1) is 15.5. The average Bonchev–Trinajstić information content (AvgIpc) is 3.29. The number of benzene rings is 3. The Morgan fingerprint density at radius 2 is 1.78 bits per heavy atom. The highest BCUT2D eigenvalue weighted by molar-refractivity contribution is 6.31. The third kappa shape index (κ3) is 3.63. The molecule has 1 aliphatic rings. The second kappa shape index (κ2) is 8.13. The van der Waals surface area contributed by atoms with Gasteiger partial charge in [-0.05, 0) is 53.6 Å². The van der Waals surface area contributed by atoms with E-state index in [1.165, 1.54) is 12.1 Å². The van der Waals surface area contributed by atoms with Gasteiger partial charge in [0.25, 0.3) is 5.56 Å². The van der Waals surface area contributed by atoms with Crippen molar-refractivity contribution in [3.63, 3.8) is 0 Å². The Hall–Kier alpha value is -3.64. The molecule has 160 valence electrons. The summed E-state index contributed by atoms with van der Waals surface area (Å²) in [5, 5.41) is 5.89. The van der Waals surface area contributed by atoms with Crippen LogP contribution in [0.15, 0.2) is 76.6 Å². The lowest BCUT2D eigenvalue weighted by molar-refractivity contribution is 0.415. The van der Waals surface area contributed by atoms with E-state index in [2.05, 4.69) is 15.5 Å². The van der Waals surface area contributed by atoms with Crippen LogP contribution in [0.25, 0.3) is 22.0 Å². The minimum atomic E-state index is -0.294. The summed E-state index contributed by atoms with van der Waals surface area (Å²) in [5.41, 5.74) is 7.18. The molecule has 1 atom stereocenters. The first kappa shape index (κ1) is 20.3. The minimum absolute atomic E-state index is 0.149. The van der Waals surface area contributed by atoms with Crippen molar-refractivity contribution in [2.45, 2.75) is 12.5 Å². The molecule has 1 unspecified atom stereocenters. The Morgan fingerprint density at radius 3 is 2.50 bits per heavy atom. The molecule has 7 heteroatoms. The topological polar surface area (TPSA) is 66.5 Å². The number of rotatable bonds is 4. The van der Waals surface area contributed by atoms with E-state index < -0.39 is 0 Å². The normalized spacial score (nSPS) is 15.5. The predicted molar refractivity (Wildman–Crippen MR) is 125 cm³/mol. The van der Waals surface area contributed by atoms with Gasteiger partial charge in [0.15, 0.2) is 0 Å². The Balaban J connectivity index is 1.66. The number of hydrazone groups is 1. The van der Waals surface area contributed by atoms with Crippen LogP contribution in [0.5, 0.6) is 5.75 Å². The number of nitrogens with zero attached hydrogens (tertiary/aromatic N) is 1. The molecule has 0 amide bonds. The summed E-state index contributed by atoms with van der Waals surface area (Å²) in [4.78, 5) is 16.2. The molecule has 2 N–H and O–H groups in total. The molecule has 1 aromatic heterocycles. The lowest BCUT2D eigenvalue weighted by Gasteiger charge is -2.14. The highest BCUT2D eigenvalue weighted by Gasteiger charge is 2.27. The predicted octanol–water partition coefficient (Wildman–Crippen LogP) is 5.43. The number of hydrogen-bond donors (Lipinski definition) is 2. The molecule has 3 aromatic carbocycles. The van der Waals surface area contributed by atoms with Crippen LogP contribution in [0.2, 0.25) is 5.02 Å². The summed E-state index contributed by atoms with van der Waals surface area (Å²) in [6, 6.07) is 19.1. The van der Waals surface area contributed by atoms with Crippen LogP contribution in [0, 0.1) is 5.82 Å². The van der Waals surface area contributed by atoms with Gasteiger partial charge in [-0.2, -0.15) is 5.10 Å². The van der Waals surface area contributed by atoms with E-state index >= 15 is 0 Å². The fraction of sp³-hybridized carbons (Fsp3) is 0.120. The third-order valence-corrected chi connectivity index (χ3v) is 5.90. The number of halogens is 2. The van der Waals surface area contributed by atoms with Crippen LogP contribution in [0.1, 0.15) is 23.6 Å². The Bertz CT molecular complexity index is 1400. The van der Waals surface area contributed by atoms with Crippen molar-refractivity contribution < 1.29 is 9.13 Å². The van der Waals surface area contributed by atoms with E-state index in [1.807, 2.05) is 30.3 Å². The zero-order valence-electron chi connectivity index (χ0n) is 17.2. The number of nitrogens with one attached hydrogen (secondary N) is 2. The number of hydrogen-bond acceptors (Lipinski definition) is 4. The summed E-state index contributed by atoms with van der Waals surface area (Å²) in [6.45, 7) is 0.